The standard InChI is InChI=1S/C16H17F2NO3.C2H6/c1-19-7-6-15(5-4-11(20)9-14(15)19)10-2-3-12-13(8-10)22-16(17,18)21-12;1-2/h2-3,8,14H,4-7,9H2,1H3;1-2H3/t14?,15-;/m0./s1. The van der Waals surface area contributed by atoms with E-state index in [1.165, 1.54) is 0 Å². The monoisotopic (exact) mass is 339 g/mol. The Morgan fingerprint density at radius 1 is 1.17 bits per heavy atom. The van der Waals surface area contributed by atoms with Crippen molar-refractivity contribution < 1.29 is 23.0 Å². The number of hydrogen-bond donors (Lipinski definition) is 0. The summed E-state index contributed by atoms with van der Waals surface area (Å²) in [6.07, 6.45) is -0.822. The van der Waals surface area contributed by atoms with Crippen molar-refractivity contribution in [2.75, 3.05) is 13.6 Å². The van der Waals surface area contributed by atoms with Crippen LogP contribution in [0.15, 0.2) is 18.2 Å². The Labute approximate surface area is 140 Å². The van der Waals surface area contributed by atoms with Gasteiger partial charge in [-0.25, -0.2) is 0 Å². The Hall–Kier alpha value is -1.69. The number of ketones is 1. The highest BCUT2D eigenvalue weighted by Gasteiger charge is 2.51. The van der Waals surface area contributed by atoms with Gasteiger partial charge in [-0.3, -0.25) is 4.79 Å². The molecule has 2 heterocycles. The van der Waals surface area contributed by atoms with Crippen molar-refractivity contribution in [3.05, 3.63) is 23.8 Å². The van der Waals surface area contributed by atoms with Crippen LogP contribution in [0.4, 0.5) is 8.78 Å². The molecule has 0 spiro atoms. The molecule has 4 rings (SSSR count). The number of benzene rings is 1. The lowest BCUT2D eigenvalue weighted by Crippen LogP contribution is -2.46. The third kappa shape index (κ3) is 2.66. The first kappa shape index (κ1) is 17.1. The maximum atomic E-state index is 13.2. The fourth-order valence-electron chi connectivity index (χ4n) is 4.18. The number of likely N-dealkylation sites (tertiary alicyclic amines) is 1. The number of likely N-dealkylation sites (N-methyl/N-ethyl adjacent to an activating group) is 1. The normalized spacial score (nSPS) is 30.5. The molecule has 4 nitrogen and oxygen atoms in total. The van der Waals surface area contributed by atoms with Crippen molar-refractivity contribution in [1.82, 2.24) is 4.90 Å². The molecular formula is C18H23F2NO3. The number of carbonyl (C=O) groups excluding carboxylic acids is 1. The SMILES string of the molecule is CC.CN1CC[C@]2(c3ccc4c(c3)OC(F)(F)O4)CCC(=O)CC12. The predicted molar refractivity (Wildman–Crippen MR) is 85.6 cm³/mol. The van der Waals surface area contributed by atoms with Crippen LogP contribution in [0.2, 0.25) is 0 Å². The van der Waals surface area contributed by atoms with E-state index < -0.39 is 6.29 Å². The topological polar surface area (TPSA) is 38.8 Å². The van der Waals surface area contributed by atoms with Crippen LogP contribution in [0, 0.1) is 0 Å². The number of nitrogens with zero attached hydrogens (tertiary/aromatic N) is 1. The zero-order chi connectivity index (χ0) is 17.5. The van der Waals surface area contributed by atoms with Gasteiger partial charge in [0.05, 0.1) is 0 Å². The van der Waals surface area contributed by atoms with Crippen LogP contribution in [0.3, 0.4) is 0 Å². The first-order valence-electron chi connectivity index (χ1n) is 8.52. The molecule has 2 atom stereocenters. The summed E-state index contributed by atoms with van der Waals surface area (Å²) in [6.45, 7) is 4.91. The third-order valence-corrected chi connectivity index (χ3v) is 5.33. The van der Waals surface area contributed by atoms with Crippen molar-refractivity contribution in [2.24, 2.45) is 0 Å². The van der Waals surface area contributed by atoms with Gasteiger partial charge in [0.1, 0.15) is 5.78 Å². The van der Waals surface area contributed by atoms with Gasteiger partial charge in [0.2, 0.25) is 0 Å². The van der Waals surface area contributed by atoms with Crippen LogP contribution in [0.5, 0.6) is 11.5 Å². The third-order valence-electron chi connectivity index (χ3n) is 5.33. The molecule has 1 unspecified atom stereocenters. The van der Waals surface area contributed by atoms with E-state index >= 15 is 0 Å². The van der Waals surface area contributed by atoms with Crippen LogP contribution in [-0.2, 0) is 10.2 Å². The number of rotatable bonds is 1. The average molecular weight is 339 g/mol. The highest BCUT2D eigenvalue weighted by Crippen LogP contribution is 2.50. The summed E-state index contributed by atoms with van der Waals surface area (Å²) in [5, 5.41) is 0. The van der Waals surface area contributed by atoms with Gasteiger partial charge in [0.25, 0.3) is 0 Å². The van der Waals surface area contributed by atoms with E-state index in [-0.39, 0.29) is 28.7 Å². The molecular weight excluding hydrogens is 316 g/mol. The lowest BCUT2D eigenvalue weighted by Gasteiger charge is -2.41. The Morgan fingerprint density at radius 2 is 1.88 bits per heavy atom. The molecule has 1 aromatic carbocycles. The fraction of sp³-hybridized carbons (Fsp3) is 0.611. The van der Waals surface area contributed by atoms with Crippen molar-refractivity contribution in [1.29, 1.82) is 0 Å². The van der Waals surface area contributed by atoms with Crippen LogP contribution >= 0.6 is 0 Å². The summed E-state index contributed by atoms with van der Waals surface area (Å²) in [7, 11) is 2.02. The van der Waals surface area contributed by atoms with Crippen LogP contribution in [0.1, 0.15) is 45.1 Å². The number of hydrogen-bond acceptors (Lipinski definition) is 4. The second-order valence-corrected chi connectivity index (χ2v) is 6.47. The van der Waals surface area contributed by atoms with Crippen LogP contribution < -0.4 is 9.47 Å². The van der Waals surface area contributed by atoms with Gasteiger partial charge in [0, 0.05) is 24.3 Å². The molecule has 2 fully saturated rings. The van der Waals surface area contributed by atoms with Gasteiger partial charge in [0.15, 0.2) is 11.5 Å². The largest absolute Gasteiger partial charge is 0.586 e. The molecule has 1 saturated carbocycles. The average Bonchev–Trinajstić information content (AvgIpc) is 3.05. The van der Waals surface area contributed by atoms with E-state index in [0.717, 1.165) is 24.9 Å². The van der Waals surface area contributed by atoms with Crippen LogP contribution in [-0.4, -0.2) is 36.6 Å². The number of Topliss-reactive ketones (excluding diaryl/α,β-unsaturated/α-hetero) is 1. The summed E-state index contributed by atoms with van der Waals surface area (Å²) in [5.41, 5.74) is 0.813. The smallest absolute Gasteiger partial charge is 0.395 e. The molecule has 6 heteroatoms. The zero-order valence-corrected chi connectivity index (χ0v) is 14.3. The number of fused-ring (bicyclic) bond motifs is 2. The van der Waals surface area contributed by atoms with Gasteiger partial charge in [-0.2, -0.15) is 0 Å². The molecule has 0 amide bonds. The number of ether oxygens (including phenoxy) is 2. The molecule has 0 radical (unpaired) electrons. The van der Waals surface area contributed by atoms with Crippen molar-refractivity contribution >= 4 is 5.78 Å². The van der Waals surface area contributed by atoms with Gasteiger partial charge in [-0.05, 0) is 44.1 Å². The van der Waals surface area contributed by atoms with E-state index in [0.29, 0.717) is 12.8 Å². The van der Waals surface area contributed by atoms with E-state index in [2.05, 4.69) is 14.4 Å². The predicted octanol–water partition coefficient (Wildman–Crippen LogP) is 3.73. The molecule has 0 bridgehead atoms. The highest BCUT2D eigenvalue weighted by atomic mass is 19.3. The Morgan fingerprint density at radius 3 is 2.62 bits per heavy atom. The second kappa shape index (κ2) is 5.99. The number of halogens is 2. The first-order valence-corrected chi connectivity index (χ1v) is 8.52. The van der Waals surface area contributed by atoms with Gasteiger partial charge in [-0.15, -0.1) is 8.78 Å². The van der Waals surface area contributed by atoms with Gasteiger partial charge < -0.3 is 14.4 Å². The van der Waals surface area contributed by atoms with Crippen molar-refractivity contribution in [3.63, 3.8) is 0 Å². The summed E-state index contributed by atoms with van der Waals surface area (Å²) in [5.74, 6) is 0.434. The van der Waals surface area contributed by atoms with Crippen LogP contribution in [0.25, 0.3) is 0 Å². The molecule has 3 aliphatic rings. The molecule has 132 valence electrons. The van der Waals surface area contributed by atoms with E-state index in [4.69, 9.17) is 0 Å². The first-order chi connectivity index (χ1) is 11.4. The summed E-state index contributed by atoms with van der Waals surface area (Å²) >= 11 is 0. The van der Waals surface area contributed by atoms with E-state index in [1.807, 2.05) is 27.0 Å². The maximum Gasteiger partial charge on any atom is 0.586 e. The lowest BCUT2D eigenvalue weighted by atomic mass is 9.66. The van der Waals surface area contributed by atoms with E-state index in [9.17, 15) is 13.6 Å². The van der Waals surface area contributed by atoms with Gasteiger partial charge in [-0.1, -0.05) is 19.9 Å². The zero-order valence-electron chi connectivity index (χ0n) is 14.3. The van der Waals surface area contributed by atoms with Gasteiger partial charge >= 0.3 is 6.29 Å². The Bertz CT molecular complexity index is 649. The molecule has 0 N–H and O–H groups in total. The number of alkyl halides is 2. The summed E-state index contributed by atoms with van der Waals surface area (Å²) < 4.78 is 35.4. The Balaban J connectivity index is 0.000000815. The molecule has 24 heavy (non-hydrogen) atoms. The quantitative estimate of drug-likeness (QED) is 0.781. The molecule has 1 aliphatic carbocycles. The molecule has 1 saturated heterocycles. The minimum atomic E-state index is -3.59. The summed E-state index contributed by atoms with van der Waals surface area (Å²) in [6, 6.07) is 5.19. The molecule has 0 aromatic heterocycles. The highest BCUT2D eigenvalue weighted by molar-refractivity contribution is 5.81. The summed E-state index contributed by atoms with van der Waals surface area (Å²) in [4.78, 5) is 14.0. The minimum Gasteiger partial charge on any atom is -0.395 e. The molecule has 1 aromatic rings. The second-order valence-electron chi connectivity index (χ2n) is 6.47. The van der Waals surface area contributed by atoms with Crippen molar-refractivity contribution in [2.45, 2.75) is 57.3 Å². The van der Waals surface area contributed by atoms with Crippen molar-refractivity contribution in [3.8, 4) is 11.5 Å². The lowest BCUT2D eigenvalue weighted by molar-refractivity contribution is -0.286. The fourth-order valence-corrected chi connectivity index (χ4v) is 4.18. The minimum absolute atomic E-state index is 0.0694. The van der Waals surface area contributed by atoms with E-state index in [1.54, 1.807) is 12.1 Å². The maximum absolute atomic E-state index is 13.2. The molecule has 2 aliphatic heterocycles. The Kier molecular flexibility index (Phi) is 4.28. The number of carbonyl (C=O) groups is 1.